The van der Waals surface area contributed by atoms with Gasteiger partial charge in [0, 0.05) is 13.0 Å². The molecule has 0 saturated heterocycles. The fourth-order valence-corrected chi connectivity index (χ4v) is 2.73. The van der Waals surface area contributed by atoms with Crippen LogP contribution in [0.15, 0.2) is 4.99 Å². The Labute approximate surface area is 191 Å². The van der Waals surface area contributed by atoms with Crippen molar-refractivity contribution < 1.29 is 34.2 Å². The molecule has 14 heteroatoms. The second kappa shape index (κ2) is 15.4. The molecule has 0 fully saturated rings. The molecule has 0 heterocycles. The summed E-state index contributed by atoms with van der Waals surface area (Å²) in [7, 11) is 0. The lowest BCUT2D eigenvalue weighted by Gasteiger charge is -2.25. The third kappa shape index (κ3) is 14.3. The summed E-state index contributed by atoms with van der Waals surface area (Å²) in [6.45, 7) is 3.24. The van der Waals surface area contributed by atoms with E-state index < -0.39 is 60.8 Å². The minimum absolute atomic E-state index is 0.0163. The number of guanidine groups is 1. The van der Waals surface area contributed by atoms with Crippen LogP contribution in [0, 0.1) is 5.92 Å². The molecule has 3 amide bonds. The molecule has 0 aliphatic heterocycles. The highest BCUT2D eigenvalue weighted by molar-refractivity contribution is 5.93. The monoisotopic (exact) mass is 473 g/mol. The van der Waals surface area contributed by atoms with Crippen LogP contribution in [0.5, 0.6) is 0 Å². The Bertz CT molecular complexity index is 723. The third-order valence-electron chi connectivity index (χ3n) is 4.34. The molecule has 0 aromatic heterocycles. The van der Waals surface area contributed by atoms with Crippen molar-refractivity contribution in [3.05, 3.63) is 0 Å². The molecule has 188 valence electrons. The van der Waals surface area contributed by atoms with Crippen LogP contribution in [0.2, 0.25) is 0 Å². The summed E-state index contributed by atoms with van der Waals surface area (Å²) in [5.74, 6) is -4.74. The molecule has 0 aliphatic rings. The van der Waals surface area contributed by atoms with E-state index in [9.17, 15) is 24.0 Å². The summed E-state index contributed by atoms with van der Waals surface area (Å²) < 4.78 is 0. The highest BCUT2D eigenvalue weighted by Gasteiger charge is 2.29. The van der Waals surface area contributed by atoms with Crippen molar-refractivity contribution in [1.82, 2.24) is 16.0 Å². The van der Waals surface area contributed by atoms with Crippen molar-refractivity contribution in [2.75, 3.05) is 13.1 Å². The third-order valence-corrected chi connectivity index (χ3v) is 4.34. The minimum atomic E-state index is -1.30. The Morgan fingerprint density at radius 1 is 0.879 bits per heavy atom. The first-order valence-electron chi connectivity index (χ1n) is 10.5. The van der Waals surface area contributed by atoms with Crippen LogP contribution in [0.4, 0.5) is 0 Å². The largest absolute Gasteiger partial charge is 0.481 e. The minimum Gasteiger partial charge on any atom is -0.481 e. The zero-order valence-electron chi connectivity index (χ0n) is 18.9. The molecule has 0 bridgehead atoms. The standard InChI is InChI=1S/C19H35N7O7/c1-10(2)8-13(26-16(31)11(20)4-3-7-23-19(21)22)18(33)25-12(5-6-14(27)28)17(32)24-9-15(29)30/h10-13H,3-9,20H2,1-2H3,(H,24,32)(H,25,33)(H,26,31)(H,27,28)(H,29,30)(H4,21,22,23). The van der Waals surface area contributed by atoms with Gasteiger partial charge in [0.05, 0.1) is 6.04 Å². The van der Waals surface area contributed by atoms with E-state index in [0.29, 0.717) is 6.42 Å². The maximum absolute atomic E-state index is 12.8. The summed E-state index contributed by atoms with van der Waals surface area (Å²) >= 11 is 0. The van der Waals surface area contributed by atoms with E-state index in [4.69, 9.17) is 27.4 Å². The number of carbonyl (C=O) groups excluding carboxylic acids is 3. The average Bonchev–Trinajstić information content (AvgIpc) is 2.70. The first kappa shape index (κ1) is 29.6. The predicted molar refractivity (Wildman–Crippen MR) is 119 cm³/mol. The molecule has 11 N–H and O–H groups in total. The molecule has 33 heavy (non-hydrogen) atoms. The molecule has 0 rings (SSSR count). The molecule has 0 aromatic rings. The van der Waals surface area contributed by atoms with Crippen molar-refractivity contribution in [3.8, 4) is 0 Å². The highest BCUT2D eigenvalue weighted by atomic mass is 16.4. The quantitative estimate of drug-likeness (QED) is 0.0661. The van der Waals surface area contributed by atoms with Gasteiger partial charge in [-0.1, -0.05) is 13.8 Å². The van der Waals surface area contributed by atoms with Crippen LogP contribution >= 0.6 is 0 Å². The fraction of sp³-hybridized carbons (Fsp3) is 0.684. The molecule has 0 aliphatic carbocycles. The van der Waals surface area contributed by atoms with Gasteiger partial charge in [-0.2, -0.15) is 0 Å². The van der Waals surface area contributed by atoms with Crippen LogP contribution in [-0.4, -0.2) is 77.0 Å². The summed E-state index contributed by atoms with van der Waals surface area (Å²) in [5, 5.41) is 24.7. The molecule has 0 radical (unpaired) electrons. The van der Waals surface area contributed by atoms with Crippen LogP contribution in [0.25, 0.3) is 0 Å². The van der Waals surface area contributed by atoms with E-state index in [1.54, 1.807) is 0 Å². The van der Waals surface area contributed by atoms with Crippen molar-refractivity contribution in [2.45, 2.75) is 64.1 Å². The Kier molecular flexibility index (Phi) is 13.8. The number of amides is 3. The number of rotatable bonds is 16. The van der Waals surface area contributed by atoms with Crippen LogP contribution in [-0.2, 0) is 24.0 Å². The first-order chi connectivity index (χ1) is 15.3. The van der Waals surface area contributed by atoms with E-state index in [1.165, 1.54) is 0 Å². The Balaban J connectivity index is 5.20. The smallest absolute Gasteiger partial charge is 0.322 e. The molecule has 14 nitrogen and oxygen atoms in total. The first-order valence-corrected chi connectivity index (χ1v) is 10.5. The van der Waals surface area contributed by atoms with Gasteiger partial charge in [-0.05, 0) is 31.6 Å². The fourth-order valence-electron chi connectivity index (χ4n) is 2.73. The lowest BCUT2D eigenvalue weighted by Crippen LogP contribution is -2.56. The predicted octanol–water partition coefficient (Wildman–Crippen LogP) is -2.55. The number of nitrogens with two attached hydrogens (primary N) is 3. The normalized spacial score (nSPS) is 13.3. The van der Waals surface area contributed by atoms with Gasteiger partial charge in [0.1, 0.15) is 18.6 Å². The van der Waals surface area contributed by atoms with Gasteiger partial charge >= 0.3 is 11.9 Å². The number of aliphatic carboxylic acids is 2. The van der Waals surface area contributed by atoms with Gasteiger partial charge in [-0.3, -0.25) is 29.0 Å². The Morgan fingerprint density at radius 3 is 2.00 bits per heavy atom. The van der Waals surface area contributed by atoms with Crippen LogP contribution in [0.1, 0.15) is 46.0 Å². The Hall–Kier alpha value is -3.42. The second-order valence-electron chi connectivity index (χ2n) is 7.85. The molecule has 0 saturated carbocycles. The van der Waals surface area contributed by atoms with E-state index in [1.807, 2.05) is 13.8 Å². The van der Waals surface area contributed by atoms with E-state index in [2.05, 4.69) is 20.9 Å². The summed E-state index contributed by atoms with van der Waals surface area (Å²) in [6.07, 6.45) is 0.221. The zero-order chi connectivity index (χ0) is 25.6. The van der Waals surface area contributed by atoms with Gasteiger partial charge in [0.15, 0.2) is 5.96 Å². The second-order valence-corrected chi connectivity index (χ2v) is 7.85. The van der Waals surface area contributed by atoms with E-state index in [-0.39, 0.29) is 37.7 Å². The highest BCUT2D eigenvalue weighted by Crippen LogP contribution is 2.08. The van der Waals surface area contributed by atoms with Crippen molar-refractivity contribution >= 4 is 35.6 Å². The topological polar surface area (TPSA) is 252 Å². The maximum Gasteiger partial charge on any atom is 0.322 e. The summed E-state index contributed by atoms with van der Waals surface area (Å²) in [6, 6.07) is -3.27. The molecular weight excluding hydrogens is 438 g/mol. The average molecular weight is 474 g/mol. The zero-order valence-corrected chi connectivity index (χ0v) is 18.9. The number of nitrogens with zero attached hydrogens (tertiary/aromatic N) is 1. The summed E-state index contributed by atoms with van der Waals surface area (Å²) in [4.78, 5) is 62.9. The number of carboxylic acid groups (broad SMARTS) is 2. The van der Waals surface area contributed by atoms with Crippen molar-refractivity contribution in [2.24, 2.45) is 28.1 Å². The lowest BCUT2D eigenvalue weighted by molar-refractivity contribution is -0.140. The van der Waals surface area contributed by atoms with Crippen LogP contribution in [0.3, 0.4) is 0 Å². The maximum atomic E-state index is 12.8. The molecular formula is C19H35N7O7. The number of carbonyl (C=O) groups is 5. The molecule has 3 atom stereocenters. The summed E-state index contributed by atoms with van der Waals surface area (Å²) in [5.41, 5.74) is 16.3. The van der Waals surface area contributed by atoms with Crippen LogP contribution < -0.4 is 33.2 Å². The van der Waals surface area contributed by atoms with Crippen molar-refractivity contribution in [1.29, 1.82) is 0 Å². The number of hydrogen-bond donors (Lipinski definition) is 8. The number of hydrogen-bond acceptors (Lipinski definition) is 7. The van der Waals surface area contributed by atoms with Gasteiger partial charge < -0.3 is 43.4 Å². The molecule has 0 aromatic carbocycles. The van der Waals surface area contributed by atoms with Gasteiger partial charge in [-0.15, -0.1) is 0 Å². The van der Waals surface area contributed by atoms with Crippen molar-refractivity contribution in [3.63, 3.8) is 0 Å². The van der Waals surface area contributed by atoms with E-state index in [0.717, 1.165) is 0 Å². The number of carboxylic acids is 2. The number of nitrogens with one attached hydrogen (secondary N) is 3. The molecule has 3 unspecified atom stereocenters. The van der Waals surface area contributed by atoms with Gasteiger partial charge in [0.2, 0.25) is 17.7 Å². The number of aliphatic imine (C=N–C) groups is 1. The SMILES string of the molecule is CC(C)CC(NC(=O)C(N)CCCN=C(N)N)C(=O)NC(CCC(=O)O)C(=O)NCC(=O)O. The van der Waals surface area contributed by atoms with Gasteiger partial charge in [-0.25, -0.2) is 0 Å². The lowest BCUT2D eigenvalue weighted by atomic mass is 10.0. The molecule has 0 spiro atoms. The van der Waals surface area contributed by atoms with E-state index >= 15 is 0 Å². The Morgan fingerprint density at radius 2 is 1.48 bits per heavy atom. The van der Waals surface area contributed by atoms with Gasteiger partial charge in [0.25, 0.3) is 0 Å².